The molecule has 0 unspecified atom stereocenters. The first kappa shape index (κ1) is 35.5. The zero-order valence-corrected chi connectivity index (χ0v) is 22.5. The molecule has 36 heavy (non-hydrogen) atoms. The maximum atomic E-state index is 5.45. The first-order valence-corrected chi connectivity index (χ1v) is 12.7. The zero-order chi connectivity index (χ0) is 26.0. The molecule has 0 aromatic rings. The lowest BCUT2D eigenvalue weighted by atomic mass is 10.6. The van der Waals surface area contributed by atoms with Crippen LogP contribution in [-0.2, 0) is 56.8 Å². The van der Waals surface area contributed by atoms with Gasteiger partial charge < -0.3 is 56.8 Å². The third-order valence-corrected chi connectivity index (χ3v) is 4.21. The summed E-state index contributed by atoms with van der Waals surface area (Å²) in [5.74, 6) is 0. The van der Waals surface area contributed by atoms with Crippen LogP contribution in [0.5, 0.6) is 0 Å². The van der Waals surface area contributed by atoms with E-state index in [4.69, 9.17) is 56.8 Å². The monoisotopic (exact) mass is 530 g/mol. The summed E-state index contributed by atoms with van der Waals surface area (Å²) in [6.45, 7) is 12.0. The molecule has 0 aromatic carbocycles. The number of ether oxygens (including phenoxy) is 12. The number of rotatable bonds is 33. The standard InChI is InChI=1S/C24H50O12/c1-25-3-5-27-7-9-29-11-13-31-15-17-33-19-21-35-23-24-36-22-20-34-18-16-32-14-12-30-10-8-28-6-4-26-2/h3-24H2,1-2H3. The predicted octanol–water partition coefficient (Wildman–Crippen LogP) is 0.445. The Morgan fingerprint density at radius 1 is 0.194 bits per heavy atom. The molecule has 0 saturated carbocycles. The van der Waals surface area contributed by atoms with Gasteiger partial charge in [0.1, 0.15) is 0 Å². The molecule has 0 rings (SSSR count). The van der Waals surface area contributed by atoms with E-state index < -0.39 is 0 Å². The van der Waals surface area contributed by atoms with Gasteiger partial charge in [0.05, 0.1) is 145 Å². The van der Waals surface area contributed by atoms with Gasteiger partial charge in [-0.15, -0.1) is 0 Å². The fourth-order valence-corrected chi connectivity index (χ4v) is 2.37. The van der Waals surface area contributed by atoms with E-state index in [1.807, 2.05) is 0 Å². The predicted molar refractivity (Wildman–Crippen MR) is 132 cm³/mol. The first-order chi connectivity index (χ1) is 17.9. The summed E-state index contributed by atoms with van der Waals surface area (Å²) in [5.41, 5.74) is 0. The van der Waals surface area contributed by atoms with E-state index in [0.29, 0.717) is 145 Å². The van der Waals surface area contributed by atoms with Gasteiger partial charge in [0.15, 0.2) is 0 Å². The van der Waals surface area contributed by atoms with Crippen molar-refractivity contribution in [3.8, 4) is 0 Å². The van der Waals surface area contributed by atoms with E-state index in [0.717, 1.165) is 0 Å². The molecule has 0 aliphatic rings. The van der Waals surface area contributed by atoms with Crippen LogP contribution in [-0.4, -0.2) is 160 Å². The summed E-state index contributed by atoms with van der Waals surface area (Å²) in [4.78, 5) is 0. The molecule has 0 spiro atoms. The van der Waals surface area contributed by atoms with Crippen LogP contribution >= 0.6 is 0 Å². The van der Waals surface area contributed by atoms with Gasteiger partial charge in [-0.2, -0.15) is 0 Å². The van der Waals surface area contributed by atoms with Crippen molar-refractivity contribution >= 4 is 0 Å². The van der Waals surface area contributed by atoms with Crippen molar-refractivity contribution in [2.45, 2.75) is 0 Å². The Morgan fingerprint density at radius 2 is 0.306 bits per heavy atom. The van der Waals surface area contributed by atoms with Crippen LogP contribution in [0.4, 0.5) is 0 Å². The number of hydrogen-bond donors (Lipinski definition) is 0. The highest BCUT2D eigenvalue weighted by Crippen LogP contribution is 1.86. The van der Waals surface area contributed by atoms with Gasteiger partial charge in [-0.25, -0.2) is 0 Å². The molecule has 0 aromatic heterocycles. The molecule has 0 N–H and O–H groups in total. The highest BCUT2D eigenvalue weighted by molar-refractivity contribution is 4.38. The average Bonchev–Trinajstić information content (AvgIpc) is 2.89. The van der Waals surface area contributed by atoms with Gasteiger partial charge in [0.25, 0.3) is 0 Å². The Bertz CT molecular complexity index is 345. The lowest BCUT2D eigenvalue weighted by Crippen LogP contribution is -2.15. The van der Waals surface area contributed by atoms with E-state index in [2.05, 4.69) is 0 Å². The van der Waals surface area contributed by atoms with Crippen LogP contribution in [0.2, 0.25) is 0 Å². The minimum Gasteiger partial charge on any atom is -0.382 e. The van der Waals surface area contributed by atoms with Crippen molar-refractivity contribution in [1.29, 1.82) is 0 Å². The summed E-state index contributed by atoms with van der Waals surface area (Å²) in [6, 6.07) is 0. The molecule has 12 nitrogen and oxygen atoms in total. The molecule has 0 atom stereocenters. The molecular weight excluding hydrogens is 480 g/mol. The molecule has 12 heteroatoms. The second-order valence-electron chi connectivity index (χ2n) is 7.11. The second-order valence-corrected chi connectivity index (χ2v) is 7.11. The number of methoxy groups -OCH3 is 2. The smallest absolute Gasteiger partial charge is 0.0701 e. The van der Waals surface area contributed by atoms with Crippen molar-refractivity contribution < 1.29 is 56.8 Å². The molecule has 0 fully saturated rings. The van der Waals surface area contributed by atoms with Crippen LogP contribution in [0.3, 0.4) is 0 Å². The van der Waals surface area contributed by atoms with E-state index in [1.165, 1.54) is 0 Å². The van der Waals surface area contributed by atoms with Crippen molar-refractivity contribution in [3.05, 3.63) is 0 Å². The van der Waals surface area contributed by atoms with E-state index >= 15 is 0 Å². The molecule has 0 amide bonds. The number of hydrogen-bond acceptors (Lipinski definition) is 12. The van der Waals surface area contributed by atoms with Gasteiger partial charge in [-0.3, -0.25) is 0 Å². The summed E-state index contributed by atoms with van der Waals surface area (Å²) in [6.07, 6.45) is 0. The van der Waals surface area contributed by atoms with Crippen molar-refractivity contribution in [2.24, 2.45) is 0 Å². The normalized spacial score (nSPS) is 11.5. The van der Waals surface area contributed by atoms with E-state index in [9.17, 15) is 0 Å². The molecule has 0 aliphatic heterocycles. The van der Waals surface area contributed by atoms with Gasteiger partial charge in [0.2, 0.25) is 0 Å². The van der Waals surface area contributed by atoms with Crippen LogP contribution in [0, 0.1) is 0 Å². The molecule has 0 heterocycles. The highest BCUT2D eigenvalue weighted by Gasteiger charge is 1.96. The van der Waals surface area contributed by atoms with Crippen molar-refractivity contribution in [1.82, 2.24) is 0 Å². The Kier molecular flexibility index (Phi) is 34.1. The maximum Gasteiger partial charge on any atom is 0.0701 e. The largest absolute Gasteiger partial charge is 0.382 e. The molecular formula is C24H50O12. The molecule has 0 bridgehead atoms. The van der Waals surface area contributed by atoms with Crippen LogP contribution in [0.1, 0.15) is 0 Å². The van der Waals surface area contributed by atoms with Gasteiger partial charge in [0, 0.05) is 14.2 Å². The Balaban J connectivity index is 3.00. The van der Waals surface area contributed by atoms with Crippen LogP contribution < -0.4 is 0 Å². The molecule has 0 saturated heterocycles. The van der Waals surface area contributed by atoms with Gasteiger partial charge >= 0.3 is 0 Å². The van der Waals surface area contributed by atoms with Crippen LogP contribution in [0.15, 0.2) is 0 Å². The minimum atomic E-state index is 0.521. The topological polar surface area (TPSA) is 111 Å². The third kappa shape index (κ3) is 33.5. The van der Waals surface area contributed by atoms with Crippen molar-refractivity contribution in [3.63, 3.8) is 0 Å². The quantitative estimate of drug-likeness (QED) is 0.110. The van der Waals surface area contributed by atoms with Crippen LogP contribution in [0.25, 0.3) is 0 Å². The zero-order valence-electron chi connectivity index (χ0n) is 22.5. The summed E-state index contributed by atoms with van der Waals surface area (Å²) < 4.78 is 63.7. The van der Waals surface area contributed by atoms with Crippen molar-refractivity contribution in [2.75, 3.05) is 160 Å². The summed E-state index contributed by atoms with van der Waals surface area (Å²) >= 11 is 0. The Hall–Kier alpha value is -0.480. The highest BCUT2D eigenvalue weighted by atomic mass is 16.6. The average molecular weight is 531 g/mol. The lowest BCUT2D eigenvalue weighted by molar-refractivity contribution is -0.0276. The Morgan fingerprint density at radius 3 is 0.417 bits per heavy atom. The summed E-state index contributed by atoms with van der Waals surface area (Å²) in [5, 5.41) is 0. The molecule has 0 radical (unpaired) electrons. The van der Waals surface area contributed by atoms with Gasteiger partial charge in [-0.05, 0) is 0 Å². The minimum absolute atomic E-state index is 0.521. The van der Waals surface area contributed by atoms with E-state index in [1.54, 1.807) is 14.2 Å². The SMILES string of the molecule is COCCOCCOCCOCCOCCOCCOCCOCCOCCOCCOCCOC. The maximum absolute atomic E-state index is 5.45. The second kappa shape index (κ2) is 34.5. The Labute approximate surface area is 216 Å². The molecule has 218 valence electrons. The van der Waals surface area contributed by atoms with Gasteiger partial charge in [-0.1, -0.05) is 0 Å². The summed E-state index contributed by atoms with van der Waals surface area (Å²) in [7, 11) is 3.29. The fourth-order valence-electron chi connectivity index (χ4n) is 2.37. The molecule has 0 aliphatic carbocycles. The first-order valence-electron chi connectivity index (χ1n) is 12.7. The fraction of sp³-hybridized carbons (Fsp3) is 1.00. The van der Waals surface area contributed by atoms with E-state index in [-0.39, 0.29) is 0 Å². The lowest BCUT2D eigenvalue weighted by Gasteiger charge is -2.09. The third-order valence-electron chi connectivity index (χ3n) is 4.21.